The first kappa shape index (κ1) is 13.3. The summed E-state index contributed by atoms with van der Waals surface area (Å²) in [5.74, 6) is -2.51. The highest BCUT2D eigenvalue weighted by molar-refractivity contribution is 7.92. The molecule has 0 radical (unpaired) electrons. The number of hydrogen-bond donors (Lipinski definition) is 2. The molecule has 0 aliphatic rings. The van der Waals surface area contributed by atoms with E-state index in [1.165, 1.54) is 24.3 Å². The summed E-state index contributed by atoms with van der Waals surface area (Å²) in [6.45, 7) is 0. The molecule has 0 heterocycles. The van der Waals surface area contributed by atoms with Gasteiger partial charge in [0.05, 0.1) is 10.6 Å². The van der Waals surface area contributed by atoms with Crippen molar-refractivity contribution in [1.82, 2.24) is 0 Å². The average Bonchev–Trinajstić information content (AvgIpc) is 2.40. The summed E-state index contributed by atoms with van der Waals surface area (Å²) >= 11 is 0. The Bertz CT molecular complexity index is 703. The molecule has 100 valence electrons. The number of nitrogens with two attached hydrogens (primary N) is 1. The van der Waals surface area contributed by atoms with Crippen molar-refractivity contribution in [3.8, 4) is 0 Å². The molecule has 0 saturated carbocycles. The second kappa shape index (κ2) is 4.85. The molecule has 2 aromatic carbocycles. The minimum atomic E-state index is -4.01. The lowest BCUT2D eigenvalue weighted by Crippen LogP contribution is -2.15. The number of nitrogen functional groups attached to an aromatic ring is 1. The number of rotatable bonds is 3. The summed E-state index contributed by atoms with van der Waals surface area (Å²) in [4.78, 5) is -0.0712. The number of sulfonamides is 1. The Labute approximate surface area is 108 Å². The third kappa shape index (κ3) is 2.65. The van der Waals surface area contributed by atoms with Gasteiger partial charge < -0.3 is 5.73 Å². The zero-order chi connectivity index (χ0) is 14.0. The average molecular weight is 284 g/mol. The minimum absolute atomic E-state index is 0.0712. The molecule has 19 heavy (non-hydrogen) atoms. The van der Waals surface area contributed by atoms with Crippen LogP contribution in [0.25, 0.3) is 0 Å². The number of hydrogen-bond acceptors (Lipinski definition) is 3. The highest BCUT2D eigenvalue weighted by atomic mass is 32.2. The van der Waals surface area contributed by atoms with E-state index >= 15 is 0 Å². The number of halogens is 2. The standard InChI is InChI=1S/C12H10F2N2O2S/c13-9-6-7-10(15)12(11(9)14)16-19(17,18)8-4-2-1-3-5-8/h1-7,16H,15H2. The summed E-state index contributed by atoms with van der Waals surface area (Å²) in [5.41, 5.74) is 4.65. The summed E-state index contributed by atoms with van der Waals surface area (Å²) in [5, 5.41) is 0. The normalized spacial score (nSPS) is 11.3. The molecule has 0 atom stereocenters. The van der Waals surface area contributed by atoms with E-state index in [1.54, 1.807) is 6.07 Å². The molecule has 0 aliphatic heterocycles. The van der Waals surface area contributed by atoms with Crippen LogP contribution in [-0.4, -0.2) is 8.42 Å². The largest absolute Gasteiger partial charge is 0.397 e. The molecule has 4 nitrogen and oxygen atoms in total. The maximum Gasteiger partial charge on any atom is 0.262 e. The van der Waals surface area contributed by atoms with Crippen LogP contribution in [0.1, 0.15) is 0 Å². The van der Waals surface area contributed by atoms with E-state index in [1.807, 2.05) is 4.72 Å². The molecule has 0 aliphatic carbocycles. The highest BCUT2D eigenvalue weighted by Gasteiger charge is 2.19. The summed E-state index contributed by atoms with van der Waals surface area (Å²) in [6.07, 6.45) is 0. The molecule has 7 heteroatoms. The quantitative estimate of drug-likeness (QED) is 0.850. The molecule has 0 bridgehead atoms. The molecule has 0 saturated heterocycles. The molecule has 0 spiro atoms. The Balaban J connectivity index is 2.45. The van der Waals surface area contributed by atoms with Crippen LogP contribution in [0.5, 0.6) is 0 Å². The third-order valence-corrected chi connectivity index (χ3v) is 3.78. The molecule has 3 N–H and O–H groups in total. The summed E-state index contributed by atoms with van der Waals surface area (Å²) < 4.78 is 52.5. The molecule has 0 unspecified atom stereocenters. The Morgan fingerprint density at radius 1 is 1.00 bits per heavy atom. The van der Waals surface area contributed by atoms with E-state index in [-0.39, 0.29) is 10.6 Å². The summed E-state index contributed by atoms with van der Waals surface area (Å²) in [6, 6.07) is 9.23. The molecule has 0 aromatic heterocycles. The second-order valence-corrected chi connectivity index (χ2v) is 5.43. The van der Waals surface area contributed by atoms with Crippen molar-refractivity contribution in [3.05, 3.63) is 54.1 Å². The van der Waals surface area contributed by atoms with Gasteiger partial charge in [0.15, 0.2) is 11.6 Å². The van der Waals surface area contributed by atoms with Crippen molar-refractivity contribution in [2.45, 2.75) is 4.90 Å². The highest BCUT2D eigenvalue weighted by Crippen LogP contribution is 2.27. The van der Waals surface area contributed by atoms with Gasteiger partial charge in [-0.1, -0.05) is 18.2 Å². The van der Waals surface area contributed by atoms with Gasteiger partial charge in [-0.3, -0.25) is 4.72 Å². The second-order valence-electron chi connectivity index (χ2n) is 3.74. The van der Waals surface area contributed by atoms with E-state index < -0.39 is 27.3 Å². The maximum absolute atomic E-state index is 13.5. The predicted octanol–water partition coefficient (Wildman–Crippen LogP) is 2.35. The van der Waals surface area contributed by atoms with Crippen LogP contribution in [0, 0.1) is 11.6 Å². The van der Waals surface area contributed by atoms with Gasteiger partial charge in [0.25, 0.3) is 10.0 Å². The first-order chi connectivity index (χ1) is 8.92. The van der Waals surface area contributed by atoms with Gasteiger partial charge in [-0.15, -0.1) is 0 Å². The first-order valence-corrected chi connectivity index (χ1v) is 6.71. The van der Waals surface area contributed by atoms with Crippen LogP contribution in [-0.2, 0) is 10.0 Å². The van der Waals surface area contributed by atoms with E-state index in [0.29, 0.717) is 0 Å². The van der Waals surface area contributed by atoms with Crippen molar-refractivity contribution in [1.29, 1.82) is 0 Å². The third-order valence-electron chi connectivity index (χ3n) is 2.42. The molecule has 2 rings (SSSR count). The zero-order valence-electron chi connectivity index (χ0n) is 9.60. The Hall–Kier alpha value is -2.15. The van der Waals surface area contributed by atoms with Crippen LogP contribution in [0.4, 0.5) is 20.2 Å². The van der Waals surface area contributed by atoms with Gasteiger partial charge in [0.2, 0.25) is 0 Å². The van der Waals surface area contributed by atoms with Crippen LogP contribution >= 0.6 is 0 Å². The molecule has 0 fully saturated rings. The predicted molar refractivity (Wildman–Crippen MR) is 68.0 cm³/mol. The molecular weight excluding hydrogens is 274 g/mol. The fourth-order valence-corrected chi connectivity index (χ4v) is 2.57. The molecule has 2 aromatic rings. The van der Waals surface area contributed by atoms with Crippen LogP contribution in [0.2, 0.25) is 0 Å². The fraction of sp³-hybridized carbons (Fsp3) is 0. The Kier molecular flexibility index (Phi) is 3.39. The topological polar surface area (TPSA) is 72.2 Å². The minimum Gasteiger partial charge on any atom is -0.397 e. The van der Waals surface area contributed by atoms with E-state index in [0.717, 1.165) is 12.1 Å². The van der Waals surface area contributed by atoms with Gasteiger partial charge >= 0.3 is 0 Å². The monoisotopic (exact) mass is 284 g/mol. The SMILES string of the molecule is Nc1ccc(F)c(F)c1NS(=O)(=O)c1ccccc1. The number of anilines is 2. The fourth-order valence-electron chi connectivity index (χ4n) is 1.46. The first-order valence-electron chi connectivity index (χ1n) is 5.23. The van der Waals surface area contributed by atoms with Gasteiger partial charge in [0.1, 0.15) is 5.69 Å². The van der Waals surface area contributed by atoms with Crippen LogP contribution in [0.15, 0.2) is 47.4 Å². The molecular formula is C12H10F2N2O2S. The summed E-state index contributed by atoms with van der Waals surface area (Å²) in [7, 11) is -4.01. The number of benzene rings is 2. The van der Waals surface area contributed by atoms with Gasteiger partial charge in [-0.25, -0.2) is 17.2 Å². The van der Waals surface area contributed by atoms with Crippen molar-refractivity contribution < 1.29 is 17.2 Å². The maximum atomic E-state index is 13.5. The lowest BCUT2D eigenvalue weighted by atomic mass is 10.2. The lowest BCUT2D eigenvalue weighted by molar-refractivity contribution is 0.512. The van der Waals surface area contributed by atoms with Crippen LogP contribution in [0.3, 0.4) is 0 Å². The Morgan fingerprint density at radius 2 is 1.63 bits per heavy atom. The van der Waals surface area contributed by atoms with Gasteiger partial charge in [-0.2, -0.15) is 0 Å². The van der Waals surface area contributed by atoms with Gasteiger partial charge in [-0.05, 0) is 24.3 Å². The van der Waals surface area contributed by atoms with E-state index in [4.69, 9.17) is 5.73 Å². The van der Waals surface area contributed by atoms with Crippen LogP contribution < -0.4 is 10.5 Å². The smallest absolute Gasteiger partial charge is 0.262 e. The van der Waals surface area contributed by atoms with Crippen molar-refractivity contribution in [2.75, 3.05) is 10.5 Å². The van der Waals surface area contributed by atoms with Crippen molar-refractivity contribution >= 4 is 21.4 Å². The Morgan fingerprint density at radius 3 is 2.26 bits per heavy atom. The lowest BCUT2D eigenvalue weighted by Gasteiger charge is -2.11. The number of nitrogens with one attached hydrogen (secondary N) is 1. The van der Waals surface area contributed by atoms with E-state index in [9.17, 15) is 17.2 Å². The van der Waals surface area contributed by atoms with Crippen molar-refractivity contribution in [2.24, 2.45) is 0 Å². The van der Waals surface area contributed by atoms with Crippen molar-refractivity contribution in [3.63, 3.8) is 0 Å². The zero-order valence-corrected chi connectivity index (χ0v) is 10.4. The van der Waals surface area contributed by atoms with Gasteiger partial charge in [0, 0.05) is 0 Å². The molecule has 0 amide bonds. The van der Waals surface area contributed by atoms with E-state index in [2.05, 4.69) is 0 Å².